The van der Waals surface area contributed by atoms with Gasteiger partial charge in [-0.1, -0.05) is 18.2 Å². The molecule has 3 N–H and O–H groups in total. The molecule has 0 aliphatic rings. The standard InChI is InChI=1S/C11H9N5/c12-11-14-10(15-16-11)8-5-1-3-7-4-2-6-13-9(7)8/h1-6H,(H3,12,14,15,16). The monoisotopic (exact) mass is 211 g/mol. The van der Waals surface area contributed by atoms with E-state index in [9.17, 15) is 0 Å². The summed E-state index contributed by atoms with van der Waals surface area (Å²) in [5, 5.41) is 7.67. The van der Waals surface area contributed by atoms with E-state index < -0.39 is 0 Å². The van der Waals surface area contributed by atoms with E-state index >= 15 is 0 Å². The molecule has 0 atom stereocenters. The summed E-state index contributed by atoms with van der Waals surface area (Å²) >= 11 is 0. The van der Waals surface area contributed by atoms with Crippen molar-refractivity contribution in [3.8, 4) is 11.4 Å². The molecule has 1 aromatic carbocycles. The number of benzene rings is 1. The Balaban J connectivity index is 2.31. The fraction of sp³-hybridized carbons (Fsp3) is 0. The van der Waals surface area contributed by atoms with Gasteiger partial charge in [-0.05, 0) is 12.1 Å². The molecule has 0 saturated heterocycles. The van der Waals surface area contributed by atoms with E-state index in [1.54, 1.807) is 6.20 Å². The number of fused-ring (bicyclic) bond motifs is 1. The van der Waals surface area contributed by atoms with E-state index in [1.807, 2.05) is 30.3 Å². The van der Waals surface area contributed by atoms with Crippen molar-refractivity contribution in [1.29, 1.82) is 0 Å². The van der Waals surface area contributed by atoms with E-state index in [0.29, 0.717) is 5.82 Å². The van der Waals surface area contributed by atoms with Crippen molar-refractivity contribution >= 4 is 16.9 Å². The lowest BCUT2D eigenvalue weighted by molar-refractivity contribution is 1.10. The van der Waals surface area contributed by atoms with Crippen LogP contribution >= 0.6 is 0 Å². The molecule has 5 heteroatoms. The molecule has 0 amide bonds. The Morgan fingerprint density at radius 1 is 1.12 bits per heavy atom. The van der Waals surface area contributed by atoms with Crippen LogP contribution in [0.5, 0.6) is 0 Å². The average molecular weight is 211 g/mol. The van der Waals surface area contributed by atoms with Crippen molar-refractivity contribution in [2.24, 2.45) is 0 Å². The molecule has 0 aliphatic carbocycles. The number of nitrogens with two attached hydrogens (primary N) is 1. The molecule has 0 aliphatic heterocycles. The first-order valence-corrected chi connectivity index (χ1v) is 4.86. The molecule has 0 saturated carbocycles. The molecule has 5 nitrogen and oxygen atoms in total. The minimum absolute atomic E-state index is 0.239. The van der Waals surface area contributed by atoms with Crippen LogP contribution in [0.15, 0.2) is 36.5 Å². The zero-order valence-corrected chi connectivity index (χ0v) is 8.38. The highest BCUT2D eigenvalue weighted by molar-refractivity contribution is 5.91. The molecule has 2 aromatic heterocycles. The third-order valence-electron chi connectivity index (χ3n) is 2.39. The summed E-state index contributed by atoms with van der Waals surface area (Å²) in [5.41, 5.74) is 7.28. The van der Waals surface area contributed by atoms with Crippen molar-refractivity contribution in [2.75, 3.05) is 5.73 Å². The first-order chi connectivity index (χ1) is 7.84. The van der Waals surface area contributed by atoms with Crippen LogP contribution in [0.25, 0.3) is 22.3 Å². The Hall–Kier alpha value is -2.43. The number of nitrogen functional groups attached to an aromatic ring is 1. The lowest BCUT2D eigenvalue weighted by Gasteiger charge is -2.01. The third-order valence-corrected chi connectivity index (χ3v) is 2.39. The number of nitrogens with zero attached hydrogens (tertiary/aromatic N) is 3. The van der Waals surface area contributed by atoms with Crippen LogP contribution in [0.2, 0.25) is 0 Å². The Kier molecular flexibility index (Phi) is 1.83. The predicted octanol–water partition coefficient (Wildman–Crippen LogP) is 1.60. The molecule has 16 heavy (non-hydrogen) atoms. The second-order valence-corrected chi connectivity index (χ2v) is 3.42. The summed E-state index contributed by atoms with van der Waals surface area (Å²) in [7, 11) is 0. The molecule has 78 valence electrons. The molecular weight excluding hydrogens is 202 g/mol. The van der Waals surface area contributed by atoms with Gasteiger partial charge in [-0.3, -0.25) is 10.1 Å². The summed E-state index contributed by atoms with van der Waals surface area (Å²) in [6.07, 6.45) is 1.76. The number of aromatic nitrogens is 4. The van der Waals surface area contributed by atoms with Crippen LogP contribution in [-0.2, 0) is 0 Å². The van der Waals surface area contributed by atoms with Gasteiger partial charge in [-0.2, -0.15) is 4.98 Å². The van der Waals surface area contributed by atoms with E-state index in [1.165, 1.54) is 0 Å². The number of nitrogens with one attached hydrogen (secondary N) is 1. The van der Waals surface area contributed by atoms with E-state index in [4.69, 9.17) is 5.73 Å². The molecule has 0 unspecified atom stereocenters. The summed E-state index contributed by atoms with van der Waals surface area (Å²) in [5.74, 6) is 0.879. The van der Waals surface area contributed by atoms with Crippen molar-refractivity contribution in [2.45, 2.75) is 0 Å². The Bertz CT molecular complexity index is 638. The van der Waals surface area contributed by atoms with Crippen molar-refractivity contribution < 1.29 is 0 Å². The van der Waals surface area contributed by atoms with Gasteiger partial charge in [-0.25, -0.2) is 0 Å². The van der Waals surface area contributed by atoms with E-state index in [2.05, 4.69) is 20.2 Å². The van der Waals surface area contributed by atoms with Crippen LogP contribution in [0, 0.1) is 0 Å². The van der Waals surface area contributed by atoms with Gasteiger partial charge in [0.25, 0.3) is 0 Å². The number of anilines is 1. The number of hydrogen-bond acceptors (Lipinski definition) is 4. The van der Waals surface area contributed by atoms with Gasteiger partial charge in [-0.15, -0.1) is 5.10 Å². The number of hydrogen-bond donors (Lipinski definition) is 2. The van der Waals surface area contributed by atoms with Gasteiger partial charge in [0, 0.05) is 17.1 Å². The lowest BCUT2D eigenvalue weighted by atomic mass is 10.1. The maximum absolute atomic E-state index is 5.49. The molecule has 2 heterocycles. The normalized spacial score (nSPS) is 10.8. The zero-order chi connectivity index (χ0) is 11.0. The van der Waals surface area contributed by atoms with Gasteiger partial charge < -0.3 is 5.73 Å². The average Bonchev–Trinajstić information content (AvgIpc) is 2.75. The zero-order valence-electron chi connectivity index (χ0n) is 8.38. The molecule has 0 spiro atoms. The van der Waals surface area contributed by atoms with Gasteiger partial charge in [0.15, 0.2) is 5.82 Å². The van der Waals surface area contributed by atoms with E-state index in [-0.39, 0.29) is 5.95 Å². The topological polar surface area (TPSA) is 80.5 Å². The van der Waals surface area contributed by atoms with Crippen LogP contribution in [-0.4, -0.2) is 20.2 Å². The quantitative estimate of drug-likeness (QED) is 0.640. The Labute approximate surface area is 91.3 Å². The second kappa shape index (κ2) is 3.30. The summed E-state index contributed by atoms with van der Waals surface area (Å²) in [6, 6.07) is 9.81. The molecule has 0 fully saturated rings. The van der Waals surface area contributed by atoms with Crippen LogP contribution in [0.1, 0.15) is 0 Å². The maximum Gasteiger partial charge on any atom is 0.239 e. The van der Waals surface area contributed by atoms with E-state index in [0.717, 1.165) is 16.5 Å². The van der Waals surface area contributed by atoms with Crippen molar-refractivity contribution in [3.05, 3.63) is 36.5 Å². The highest BCUT2D eigenvalue weighted by atomic mass is 15.3. The third kappa shape index (κ3) is 1.30. The highest BCUT2D eigenvalue weighted by Crippen LogP contribution is 2.23. The summed E-state index contributed by atoms with van der Waals surface area (Å²) < 4.78 is 0. The minimum atomic E-state index is 0.239. The maximum atomic E-state index is 5.49. The molecule has 0 radical (unpaired) electrons. The molecular formula is C11H9N5. The first-order valence-electron chi connectivity index (χ1n) is 4.86. The lowest BCUT2D eigenvalue weighted by Crippen LogP contribution is -1.87. The van der Waals surface area contributed by atoms with Crippen LogP contribution < -0.4 is 5.73 Å². The van der Waals surface area contributed by atoms with Gasteiger partial charge >= 0.3 is 0 Å². The fourth-order valence-electron chi connectivity index (χ4n) is 1.69. The fourth-order valence-corrected chi connectivity index (χ4v) is 1.69. The predicted molar refractivity (Wildman–Crippen MR) is 61.5 cm³/mol. The minimum Gasteiger partial charge on any atom is -0.366 e. The van der Waals surface area contributed by atoms with Crippen molar-refractivity contribution in [3.63, 3.8) is 0 Å². The van der Waals surface area contributed by atoms with Gasteiger partial charge in [0.1, 0.15) is 0 Å². The Morgan fingerprint density at radius 2 is 2.00 bits per heavy atom. The number of aromatic amines is 1. The van der Waals surface area contributed by atoms with Crippen molar-refractivity contribution in [1.82, 2.24) is 20.2 Å². The molecule has 3 rings (SSSR count). The smallest absolute Gasteiger partial charge is 0.239 e. The number of rotatable bonds is 1. The Morgan fingerprint density at radius 3 is 2.81 bits per heavy atom. The summed E-state index contributed by atoms with van der Waals surface area (Å²) in [4.78, 5) is 8.44. The second-order valence-electron chi connectivity index (χ2n) is 3.42. The van der Waals surface area contributed by atoms with Crippen LogP contribution in [0.3, 0.4) is 0 Å². The summed E-state index contributed by atoms with van der Waals surface area (Å²) in [6.45, 7) is 0. The molecule has 0 bridgehead atoms. The molecule has 3 aromatic rings. The highest BCUT2D eigenvalue weighted by Gasteiger charge is 2.07. The first kappa shape index (κ1) is 8.84. The number of pyridine rings is 1. The number of para-hydroxylation sites is 1. The largest absolute Gasteiger partial charge is 0.366 e. The van der Waals surface area contributed by atoms with Gasteiger partial charge in [0.05, 0.1) is 5.52 Å². The number of H-pyrrole nitrogens is 1. The van der Waals surface area contributed by atoms with Gasteiger partial charge in [0.2, 0.25) is 5.95 Å². The SMILES string of the molecule is Nc1n[nH]c(-c2cccc3cccnc23)n1. The van der Waals surface area contributed by atoms with Crippen LogP contribution in [0.4, 0.5) is 5.95 Å².